The highest BCUT2D eigenvalue weighted by molar-refractivity contribution is 9.09. The molecule has 16 heavy (non-hydrogen) atoms. The van der Waals surface area contributed by atoms with Gasteiger partial charge in [0.2, 0.25) is 0 Å². The Labute approximate surface area is 107 Å². The Morgan fingerprint density at radius 2 is 1.94 bits per heavy atom. The molecule has 0 saturated carbocycles. The maximum absolute atomic E-state index is 5.43. The minimum atomic E-state index is 0.535. The normalized spacial score (nSPS) is 12.9. The first-order valence-electron chi connectivity index (χ1n) is 5.84. The number of hydrogen-bond donors (Lipinski definition) is 0. The molecule has 1 unspecified atom stereocenters. The van der Waals surface area contributed by atoms with E-state index < -0.39 is 0 Å². The third-order valence-electron chi connectivity index (χ3n) is 2.99. The van der Waals surface area contributed by atoms with Crippen LogP contribution in [0.15, 0.2) is 18.2 Å². The minimum absolute atomic E-state index is 0.535. The zero-order chi connectivity index (χ0) is 12.1. The Kier molecular flexibility index (Phi) is 5.33. The highest BCUT2D eigenvalue weighted by atomic mass is 79.9. The summed E-state index contributed by atoms with van der Waals surface area (Å²) in [5, 5.41) is 1.03. The van der Waals surface area contributed by atoms with Crippen molar-refractivity contribution >= 4 is 15.9 Å². The van der Waals surface area contributed by atoms with Crippen LogP contribution in [0.1, 0.15) is 50.2 Å². The monoisotopic (exact) mass is 284 g/mol. The molecule has 1 aromatic carbocycles. The molecule has 1 atom stereocenters. The average Bonchev–Trinajstić information content (AvgIpc) is 2.28. The van der Waals surface area contributed by atoms with E-state index in [0.29, 0.717) is 11.8 Å². The van der Waals surface area contributed by atoms with Crippen molar-refractivity contribution in [3.8, 4) is 5.75 Å². The number of methoxy groups -OCH3 is 1. The molecule has 0 saturated heterocycles. The van der Waals surface area contributed by atoms with Gasteiger partial charge in [0.25, 0.3) is 0 Å². The zero-order valence-electron chi connectivity index (χ0n) is 10.6. The zero-order valence-corrected chi connectivity index (χ0v) is 12.2. The predicted octanol–water partition coefficient (Wildman–Crippen LogP) is 4.71. The number of alkyl halides is 1. The largest absolute Gasteiger partial charge is 0.496 e. The average molecular weight is 285 g/mol. The standard InChI is InChI=1S/C14H21BrO/c1-10(2)12-5-6-14(16-4)13(9-12)11(3)7-8-15/h5-6,9-11H,7-8H2,1-4H3. The fourth-order valence-corrected chi connectivity index (χ4v) is 2.50. The van der Waals surface area contributed by atoms with Crippen molar-refractivity contribution in [2.75, 3.05) is 12.4 Å². The predicted molar refractivity (Wildman–Crippen MR) is 73.9 cm³/mol. The van der Waals surface area contributed by atoms with Gasteiger partial charge in [-0.3, -0.25) is 0 Å². The molecule has 0 spiro atoms. The third-order valence-corrected chi connectivity index (χ3v) is 3.45. The lowest BCUT2D eigenvalue weighted by atomic mass is 9.92. The van der Waals surface area contributed by atoms with Crippen molar-refractivity contribution in [3.05, 3.63) is 29.3 Å². The minimum Gasteiger partial charge on any atom is -0.496 e. The fourth-order valence-electron chi connectivity index (χ4n) is 1.82. The van der Waals surface area contributed by atoms with Crippen molar-refractivity contribution in [1.29, 1.82) is 0 Å². The molecule has 0 fully saturated rings. The molecule has 1 aromatic rings. The Hall–Kier alpha value is -0.500. The first kappa shape index (κ1) is 13.6. The van der Waals surface area contributed by atoms with Gasteiger partial charge in [-0.15, -0.1) is 0 Å². The van der Waals surface area contributed by atoms with E-state index in [0.717, 1.165) is 17.5 Å². The van der Waals surface area contributed by atoms with E-state index >= 15 is 0 Å². The number of rotatable bonds is 5. The lowest BCUT2D eigenvalue weighted by molar-refractivity contribution is 0.406. The molecule has 0 N–H and O–H groups in total. The van der Waals surface area contributed by atoms with E-state index in [2.05, 4.69) is 54.9 Å². The van der Waals surface area contributed by atoms with E-state index in [-0.39, 0.29) is 0 Å². The first-order valence-corrected chi connectivity index (χ1v) is 6.96. The first-order chi connectivity index (χ1) is 7.60. The summed E-state index contributed by atoms with van der Waals surface area (Å²) in [6.45, 7) is 6.70. The summed E-state index contributed by atoms with van der Waals surface area (Å²) < 4.78 is 5.43. The highest BCUT2D eigenvalue weighted by Crippen LogP contribution is 2.32. The van der Waals surface area contributed by atoms with Crippen LogP contribution in [0.25, 0.3) is 0 Å². The van der Waals surface area contributed by atoms with Crippen LogP contribution in [-0.2, 0) is 0 Å². The van der Waals surface area contributed by atoms with Crippen LogP contribution in [-0.4, -0.2) is 12.4 Å². The van der Waals surface area contributed by atoms with Crippen LogP contribution >= 0.6 is 15.9 Å². The quantitative estimate of drug-likeness (QED) is 0.712. The molecule has 0 aliphatic heterocycles. The van der Waals surface area contributed by atoms with Crippen molar-refractivity contribution in [3.63, 3.8) is 0 Å². The van der Waals surface area contributed by atoms with Gasteiger partial charge in [0.1, 0.15) is 5.75 Å². The van der Waals surface area contributed by atoms with Gasteiger partial charge in [0, 0.05) is 5.33 Å². The van der Waals surface area contributed by atoms with Gasteiger partial charge < -0.3 is 4.74 Å². The summed E-state index contributed by atoms with van der Waals surface area (Å²) in [6, 6.07) is 6.54. The summed E-state index contributed by atoms with van der Waals surface area (Å²) >= 11 is 3.50. The van der Waals surface area contributed by atoms with E-state index in [4.69, 9.17) is 4.74 Å². The molecule has 1 nitrogen and oxygen atoms in total. The van der Waals surface area contributed by atoms with Crippen molar-refractivity contribution in [2.24, 2.45) is 0 Å². The van der Waals surface area contributed by atoms with E-state index in [1.54, 1.807) is 7.11 Å². The van der Waals surface area contributed by atoms with Crippen LogP contribution in [0.2, 0.25) is 0 Å². The van der Waals surface area contributed by atoms with Crippen LogP contribution in [0, 0.1) is 0 Å². The molecule has 0 heterocycles. The second-order valence-corrected chi connectivity index (χ2v) is 5.33. The second-order valence-electron chi connectivity index (χ2n) is 4.53. The fraction of sp³-hybridized carbons (Fsp3) is 0.571. The summed E-state index contributed by atoms with van der Waals surface area (Å²) in [7, 11) is 1.74. The maximum atomic E-state index is 5.43. The van der Waals surface area contributed by atoms with Gasteiger partial charge in [0.05, 0.1) is 7.11 Å². The molecule has 0 aliphatic rings. The van der Waals surface area contributed by atoms with Crippen LogP contribution in [0.3, 0.4) is 0 Å². The number of benzene rings is 1. The Morgan fingerprint density at radius 1 is 1.25 bits per heavy atom. The van der Waals surface area contributed by atoms with Crippen molar-refractivity contribution < 1.29 is 4.74 Å². The topological polar surface area (TPSA) is 9.23 Å². The van der Waals surface area contributed by atoms with Gasteiger partial charge in [-0.1, -0.05) is 48.8 Å². The summed E-state index contributed by atoms with van der Waals surface area (Å²) in [5.74, 6) is 2.12. The molecular weight excluding hydrogens is 264 g/mol. The molecule has 0 aromatic heterocycles. The van der Waals surface area contributed by atoms with E-state index in [9.17, 15) is 0 Å². The smallest absolute Gasteiger partial charge is 0.122 e. The van der Waals surface area contributed by atoms with Gasteiger partial charge in [-0.05, 0) is 35.4 Å². The molecule has 90 valence electrons. The number of hydrogen-bond acceptors (Lipinski definition) is 1. The Balaban J connectivity index is 3.06. The van der Waals surface area contributed by atoms with Crippen LogP contribution in [0.5, 0.6) is 5.75 Å². The van der Waals surface area contributed by atoms with Crippen molar-refractivity contribution in [2.45, 2.75) is 39.0 Å². The molecule has 0 amide bonds. The van der Waals surface area contributed by atoms with Gasteiger partial charge in [-0.2, -0.15) is 0 Å². The molecule has 1 rings (SSSR count). The molecule has 2 heteroatoms. The van der Waals surface area contributed by atoms with Crippen LogP contribution < -0.4 is 4.74 Å². The van der Waals surface area contributed by atoms with E-state index in [1.165, 1.54) is 11.1 Å². The Bertz CT molecular complexity index is 334. The maximum Gasteiger partial charge on any atom is 0.122 e. The number of halogens is 1. The highest BCUT2D eigenvalue weighted by Gasteiger charge is 2.12. The number of ether oxygens (including phenoxy) is 1. The second kappa shape index (κ2) is 6.29. The SMILES string of the molecule is COc1ccc(C(C)C)cc1C(C)CCBr. The van der Waals surface area contributed by atoms with E-state index in [1.807, 2.05) is 0 Å². The lowest BCUT2D eigenvalue weighted by Gasteiger charge is -2.17. The molecule has 0 aliphatic carbocycles. The van der Waals surface area contributed by atoms with Crippen molar-refractivity contribution in [1.82, 2.24) is 0 Å². The Morgan fingerprint density at radius 3 is 2.44 bits per heavy atom. The van der Waals surface area contributed by atoms with Gasteiger partial charge in [0.15, 0.2) is 0 Å². The molecule has 0 bridgehead atoms. The van der Waals surface area contributed by atoms with Gasteiger partial charge >= 0.3 is 0 Å². The summed E-state index contributed by atoms with van der Waals surface area (Å²) in [6.07, 6.45) is 1.14. The molecular formula is C14H21BrO. The summed E-state index contributed by atoms with van der Waals surface area (Å²) in [4.78, 5) is 0. The third kappa shape index (κ3) is 3.24. The van der Waals surface area contributed by atoms with Crippen LogP contribution in [0.4, 0.5) is 0 Å². The summed E-state index contributed by atoms with van der Waals surface area (Å²) in [5.41, 5.74) is 2.71. The van der Waals surface area contributed by atoms with Gasteiger partial charge in [-0.25, -0.2) is 0 Å². The lowest BCUT2D eigenvalue weighted by Crippen LogP contribution is -2.00. The molecule has 0 radical (unpaired) electrons.